The number of amides is 1. The van der Waals surface area contributed by atoms with Gasteiger partial charge in [0.25, 0.3) is 5.91 Å². The molecule has 30 heavy (non-hydrogen) atoms. The van der Waals surface area contributed by atoms with Crippen molar-refractivity contribution in [2.75, 3.05) is 7.11 Å². The second-order valence-electron chi connectivity index (χ2n) is 7.39. The lowest BCUT2D eigenvalue weighted by atomic mass is 10.1. The zero-order valence-corrected chi connectivity index (χ0v) is 17.4. The number of ether oxygens (including phenoxy) is 1. The molecule has 1 aromatic heterocycles. The van der Waals surface area contributed by atoms with Crippen LogP contribution in [-0.4, -0.2) is 22.6 Å². The number of carbonyl (C=O) groups excluding carboxylic acids is 1. The minimum Gasteiger partial charge on any atom is -0.497 e. The summed E-state index contributed by atoms with van der Waals surface area (Å²) >= 11 is 0. The maximum atomic E-state index is 12.8. The minimum absolute atomic E-state index is 0.139. The third-order valence-corrected chi connectivity index (χ3v) is 5.36. The van der Waals surface area contributed by atoms with Crippen LogP contribution in [0.5, 0.6) is 5.75 Å². The van der Waals surface area contributed by atoms with Crippen molar-refractivity contribution in [3.8, 4) is 5.75 Å². The number of benzene rings is 3. The molecule has 0 radical (unpaired) electrons. The molecule has 0 saturated carbocycles. The number of hydrogen-bond donors (Lipinski definition) is 1. The van der Waals surface area contributed by atoms with E-state index in [1.807, 2.05) is 31.2 Å². The average molecular weight is 399 g/mol. The molecule has 1 amide bonds. The fourth-order valence-corrected chi connectivity index (χ4v) is 3.64. The number of fused-ring (bicyclic) bond motifs is 1. The van der Waals surface area contributed by atoms with Crippen molar-refractivity contribution in [2.45, 2.75) is 26.4 Å². The molecule has 0 aliphatic heterocycles. The van der Waals surface area contributed by atoms with E-state index in [1.165, 1.54) is 11.1 Å². The summed E-state index contributed by atoms with van der Waals surface area (Å²) in [5.41, 5.74) is 5.03. The highest BCUT2D eigenvalue weighted by molar-refractivity contribution is 5.94. The van der Waals surface area contributed by atoms with Crippen molar-refractivity contribution in [3.05, 3.63) is 95.3 Å². The summed E-state index contributed by atoms with van der Waals surface area (Å²) in [5.74, 6) is 1.42. The van der Waals surface area contributed by atoms with Gasteiger partial charge >= 0.3 is 0 Å². The molecule has 0 aliphatic carbocycles. The van der Waals surface area contributed by atoms with Gasteiger partial charge in [-0.3, -0.25) is 4.79 Å². The van der Waals surface area contributed by atoms with Crippen molar-refractivity contribution in [1.82, 2.24) is 14.9 Å². The molecule has 1 unspecified atom stereocenters. The number of nitrogens with one attached hydrogen (secondary N) is 1. The van der Waals surface area contributed by atoms with Gasteiger partial charge in [-0.05, 0) is 61.4 Å². The van der Waals surface area contributed by atoms with Gasteiger partial charge in [-0.1, -0.05) is 36.4 Å². The molecule has 1 heterocycles. The van der Waals surface area contributed by atoms with Gasteiger partial charge in [0.2, 0.25) is 0 Å². The van der Waals surface area contributed by atoms with E-state index in [4.69, 9.17) is 9.72 Å². The number of imidazole rings is 1. The summed E-state index contributed by atoms with van der Waals surface area (Å²) in [4.78, 5) is 17.6. The third-order valence-electron chi connectivity index (χ3n) is 5.36. The molecule has 0 spiro atoms. The van der Waals surface area contributed by atoms with E-state index in [0.717, 1.165) is 22.6 Å². The number of methoxy groups -OCH3 is 1. The van der Waals surface area contributed by atoms with Gasteiger partial charge in [-0.15, -0.1) is 0 Å². The topological polar surface area (TPSA) is 56.1 Å². The Morgan fingerprint density at radius 3 is 2.47 bits per heavy atom. The van der Waals surface area contributed by atoms with Crippen LogP contribution in [0, 0.1) is 6.92 Å². The Morgan fingerprint density at radius 1 is 1.03 bits per heavy atom. The fraction of sp³-hybridized carbons (Fsp3) is 0.200. The number of aromatic nitrogens is 2. The van der Waals surface area contributed by atoms with Gasteiger partial charge in [0.15, 0.2) is 0 Å². The first-order valence-electron chi connectivity index (χ1n) is 10.0. The predicted molar refractivity (Wildman–Crippen MR) is 119 cm³/mol. The van der Waals surface area contributed by atoms with Crippen LogP contribution in [0.15, 0.2) is 72.8 Å². The Bertz CT molecular complexity index is 1180. The average Bonchev–Trinajstić information content (AvgIpc) is 3.14. The van der Waals surface area contributed by atoms with Gasteiger partial charge in [-0.2, -0.15) is 0 Å². The van der Waals surface area contributed by atoms with Crippen LogP contribution < -0.4 is 10.1 Å². The SMILES string of the molecule is COc1ccc(C(=O)NC(C)c2nc3ccccc3n2Cc2ccccc2C)cc1. The largest absolute Gasteiger partial charge is 0.497 e. The van der Waals surface area contributed by atoms with Gasteiger partial charge in [0.05, 0.1) is 24.2 Å². The van der Waals surface area contributed by atoms with E-state index in [2.05, 4.69) is 41.1 Å². The van der Waals surface area contributed by atoms with Crippen LogP contribution in [0.2, 0.25) is 0 Å². The maximum absolute atomic E-state index is 12.8. The van der Waals surface area contributed by atoms with Crippen molar-refractivity contribution in [1.29, 1.82) is 0 Å². The van der Waals surface area contributed by atoms with Crippen molar-refractivity contribution in [2.24, 2.45) is 0 Å². The molecular weight excluding hydrogens is 374 g/mol. The molecule has 5 nitrogen and oxygen atoms in total. The Morgan fingerprint density at radius 2 is 1.73 bits per heavy atom. The van der Waals surface area contributed by atoms with E-state index >= 15 is 0 Å². The third kappa shape index (κ3) is 3.92. The highest BCUT2D eigenvalue weighted by atomic mass is 16.5. The molecule has 0 fully saturated rings. The zero-order chi connectivity index (χ0) is 21.1. The van der Waals surface area contributed by atoms with Crippen LogP contribution in [0.3, 0.4) is 0 Å². The molecule has 0 bridgehead atoms. The molecular formula is C25H25N3O2. The van der Waals surface area contributed by atoms with Crippen molar-refractivity contribution >= 4 is 16.9 Å². The lowest BCUT2D eigenvalue weighted by molar-refractivity contribution is 0.0937. The quantitative estimate of drug-likeness (QED) is 0.502. The molecule has 5 heteroatoms. The fourth-order valence-electron chi connectivity index (χ4n) is 3.64. The van der Waals surface area contributed by atoms with Crippen LogP contribution in [0.4, 0.5) is 0 Å². The van der Waals surface area contributed by atoms with Crippen LogP contribution >= 0.6 is 0 Å². The Kier molecular flexibility index (Phi) is 5.53. The normalized spacial score (nSPS) is 12.0. The van der Waals surface area contributed by atoms with Crippen molar-refractivity contribution in [3.63, 3.8) is 0 Å². The summed E-state index contributed by atoms with van der Waals surface area (Å²) in [6, 6.07) is 23.3. The highest BCUT2D eigenvalue weighted by Crippen LogP contribution is 2.23. The highest BCUT2D eigenvalue weighted by Gasteiger charge is 2.19. The summed E-state index contributed by atoms with van der Waals surface area (Å²) in [6.07, 6.45) is 0. The number of rotatable bonds is 6. The van der Waals surface area contributed by atoms with Crippen LogP contribution in [0.25, 0.3) is 11.0 Å². The Labute approximate surface area is 176 Å². The molecule has 0 saturated heterocycles. The van der Waals surface area contributed by atoms with E-state index in [0.29, 0.717) is 12.1 Å². The standard InChI is InChI=1S/C25H25N3O2/c1-17-8-4-5-9-20(17)16-28-23-11-7-6-10-22(23)27-24(28)18(2)26-25(29)19-12-14-21(30-3)15-13-19/h4-15,18H,16H2,1-3H3,(H,26,29). The van der Waals surface area contributed by atoms with Gasteiger partial charge in [0, 0.05) is 12.1 Å². The number of nitrogens with zero attached hydrogens (tertiary/aromatic N) is 2. The van der Waals surface area contributed by atoms with Gasteiger partial charge in [0.1, 0.15) is 11.6 Å². The van der Waals surface area contributed by atoms with E-state index in [9.17, 15) is 4.79 Å². The maximum Gasteiger partial charge on any atom is 0.251 e. The van der Waals surface area contributed by atoms with Gasteiger partial charge in [-0.25, -0.2) is 4.98 Å². The molecule has 4 aromatic rings. The second-order valence-corrected chi connectivity index (χ2v) is 7.39. The van der Waals surface area contributed by atoms with Crippen LogP contribution in [-0.2, 0) is 6.54 Å². The number of carbonyl (C=O) groups is 1. The smallest absolute Gasteiger partial charge is 0.251 e. The summed E-state index contributed by atoms with van der Waals surface area (Å²) in [6.45, 7) is 4.78. The monoisotopic (exact) mass is 399 g/mol. The lowest BCUT2D eigenvalue weighted by Crippen LogP contribution is -2.28. The molecule has 0 aliphatic rings. The van der Waals surface area contributed by atoms with Crippen molar-refractivity contribution < 1.29 is 9.53 Å². The molecule has 4 rings (SSSR count). The van der Waals surface area contributed by atoms with Crippen LogP contribution in [0.1, 0.15) is 40.3 Å². The van der Waals surface area contributed by atoms with E-state index < -0.39 is 0 Å². The first kappa shape index (κ1) is 19.7. The minimum atomic E-state index is -0.254. The zero-order valence-electron chi connectivity index (χ0n) is 17.4. The van der Waals surface area contributed by atoms with E-state index in [1.54, 1.807) is 31.4 Å². The summed E-state index contributed by atoms with van der Waals surface area (Å²) in [7, 11) is 1.61. The molecule has 1 atom stereocenters. The van der Waals surface area contributed by atoms with Gasteiger partial charge < -0.3 is 14.6 Å². The Balaban J connectivity index is 1.65. The second kappa shape index (κ2) is 8.41. The number of aryl methyl sites for hydroxylation is 1. The van der Waals surface area contributed by atoms with E-state index in [-0.39, 0.29) is 11.9 Å². The first-order valence-corrected chi connectivity index (χ1v) is 10.0. The molecule has 152 valence electrons. The lowest BCUT2D eigenvalue weighted by Gasteiger charge is -2.17. The number of hydrogen-bond acceptors (Lipinski definition) is 3. The molecule has 3 aromatic carbocycles. The first-order chi connectivity index (χ1) is 14.6. The summed E-state index contributed by atoms with van der Waals surface area (Å²) in [5, 5.41) is 3.09. The summed E-state index contributed by atoms with van der Waals surface area (Å²) < 4.78 is 7.36. The Hall–Kier alpha value is -3.60. The number of para-hydroxylation sites is 2. The predicted octanol–water partition coefficient (Wildman–Crippen LogP) is 4.89. The molecule has 1 N–H and O–H groups in total.